The lowest BCUT2D eigenvalue weighted by Gasteiger charge is -2.32. The van der Waals surface area contributed by atoms with Crippen LogP contribution in [0.3, 0.4) is 0 Å². The summed E-state index contributed by atoms with van der Waals surface area (Å²) in [6.07, 6.45) is -0.0762. The average Bonchev–Trinajstić information content (AvgIpc) is 2.28. The average molecular weight is 265 g/mol. The third-order valence-electron chi connectivity index (χ3n) is 2.99. The Hall–Kier alpha value is -1.91. The van der Waals surface area contributed by atoms with Crippen LogP contribution in [0.25, 0.3) is 0 Å². The summed E-state index contributed by atoms with van der Waals surface area (Å²) in [5, 5.41) is 3.40. The summed E-state index contributed by atoms with van der Waals surface area (Å²) in [5.41, 5.74) is 12.5. The van der Waals surface area contributed by atoms with Gasteiger partial charge in [0.25, 0.3) is 0 Å². The number of nitrogens with one attached hydrogen (secondary N) is 1. The van der Waals surface area contributed by atoms with E-state index in [0.29, 0.717) is 12.1 Å². The number of para-hydroxylation sites is 2. The number of nitrogen functional groups attached to an aromatic ring is 1. The molecule has 0 fully saturated rings. The fraction of sp³-hybridized carbons (Fsp3) is 0.500. The quantitative estimate of drug-likeness (QED) is 0.714. The molecule has 0 aliphatic rings. The van der Waals surface area contributed by atoms with Crippen LogP contribution in [0.2, 0.25) is 0 Å². The molecule has 0 saturated heterocycles. The van der Waals surface area contributed by atoms with Gasteiger partial charge in [-0.15, -0.1) is 0 Å². The molecule has 0 bridgehead atoms. The molecule has 0 aliphatic carbocycles. The maximum absolute atomic E-state index is 10.6. The fourth-order valence-corrected chi connectivity index (χ4v) is 1.82. The molecule has 0 radical (unpaired) electrons. The lowest BCUT2D eigenvalue weighted by atomic mass is 9.84. The van der Waals surface area contributed by atoms with E-state index in [1.54, 1.807) is 0 Å². The second-order valence-corrected chi connectivity index (χ2v) is 5.61. The Morgan fingerprint density at radius 2 is 2.00 bits per heavy atom. The molecule has 0 spiro atoms. The zero-order valence-electron chi connectivity index (χ0n) is 11.8. The van der Waals surface area contributed by atoms with Crippen molar-refractivity contribution in [3.63, 3.8) is 0 Å². The largest absolute Gasteiger partial charge is 0.450 e. The summed E-state index contributed by atoms with van der Waals surface area (Å²) in [6, 6.07) is 7.73. The second-order valence-electron chi connectivity index (χ2n) is 5.61. The topological polar surface area (TPSA) is 90.4 Å². The van der Waals surface area contributed by atoms with E-state index in [-0.39, 0.29) is 18.1 Å². The van der Waals surface area contributed by atoms with Gasteiger partial charge in [0.2, 0.25) is 0 Å². The molecule has 5 nitrogen and oxygen atoms in total. The van der Waals surface area contributed by atoms with Crippen molar-refractivity contribution in [3.8, 4) is 0 Å². The van der Waals surface area contributed by atoms with E-state index in [1.807, 2.05) is 24.3 Å². The van der Waals surface area contributed by atoms with Crippen LogP contribution < -0.4 is 16.8 Å². The molecule has 0 aromatic heterocycles. The van der Waals surface area contributed by atoms with Crippen molar-refractivity contribution < 1.29 is 9.53 Å². The Labute approximate surface area is 114 Å². The molecule has 19 heavy (non-hydrogen) atoms. The summed E-state index contributed by atoms with van der Waals surface area (Å²) in [7, 11) is 0. The van der Waals surface area contributed by atoms with Crippen LogP contribution in [0.4, 0.5) is 16.2 Å². The van der Waals surface area contributed by atoms with Crippen LogP contribution in [-0.2, 0) is 4.74 Å². The number of ether oxygens (including phenoxy) is 1. The van der Waals surface area contributed by atoms with E-state index in [1.165, 1.54) is 0 Å². The van der Waals surface area contributed by atoms with Crippen molar-refractivity contribution in [2.75, 3.05) is 17.7 Å². The van der Waals surface area contributed by atoms with Gasteiger partial charge in [0.15, 0.2) is 0 Å². The van der Waals surface area contributed by atoms with Gasteiger partial charge in [-0.05, 0) is 17.5 Å². The van der Waals surface area contributed by atoms with E-state index in [2.05, 4.69) is 26.1 Å². The van der Waals surface area contributed by atoms with Crippen molar-refractivity contribution in [2.24, 2.45) is 11.1 Å². The predicted molar refractivity (Wildman–Crippen MR) is 77.9 cm³/mol. The molecule has 5 heteroatoms. The first kappa shape index (κ1) is 15.1. The maximum Gasteiger partial charge on any atom is 0.404 e. The van der Waals surface area contributed by atoms with Gasteiger partial charge in [-0.25, -0.2) is 4.79 Å². The number of hydrogen-bond acceptors (Lipinski definition) is 4. The molecule has 1 atom stereocenters. The number of anilines is 2. The third-order valence-corrected chi connectivity index (χ3v) is 2.99. The number of nitrogens with two attached hydrogens (primary N) is 2. The van der Waals surface area contributed by atoms with E-state index in [9.17, 15) is 4.79 Å². The second kappa shape index (κ2) is 6.31. The van der Waals surface area contributed by atoms with E-state index < -0.39 is 6.09 Å². The summed E-state index contributed by atoms with van der Waals surface area (Å²) < 4.78 is 4.80. The normalized spacial score (nSPS) is 12.8. The monoisotopic (exact) mass is 265 g/mol. The van der Waals surface area contributed by atoms with E-state index in [0.717, 1.165) is 5.69 Å². The van der Waals surface area contributed by atoms with Crippen LogP contribution in [0.15, 0.2) is 24.3 Å². The van der Waals surface area contributed by atoms with Crippen LogP contribution in [0, 0.1) is 5.41 Å². The van der Waals surface area contributed by atoms with Crippen molar-refractivity contribution in [2.45, 2.75) is 33.2 Å². The number of rotatable bonds is 5. The highest BCUT2D eigenvalue weighted by Gasteiger charge is 2.25. The fourth-order valence-electron chi connectivity index (χ4n) is 1.82. The lowest BCUT2D eigenvalue weighted by molar-refractivity contribution is 0.146. The molecule has 5 N–H and O–H groups in total. The minimum absolute atomic E-state index is 0.00326. The number of primary amides is 1. The van der Waals surface area contributed by atoms with Gasteiger partial charge in [-0.2, -0.15) is 0 Å². The maximum atomic E-state index is 10.6. The highest BCUT2D eigenvalue weighted by molar-refractivity contribution is 5.66. The first-order chi connectivity index (χ1) is 8.80. The Morgan fingerprint density at radius 1 is 1.37 bits per heavy atom. The molecule has 1 rings (SSSR count). The van der Waals surface area contributed by atoms with Crippen molar-refractivity contribution in [1.29, 1.82) is 0 Å². The molecule has 0 saturated carbocycles. The van der Waals surface area contributed by atoms with Crippen LogP contribution in [-0.4, -0.2) is 18.7 Å². The number of carbonyl (C=O) groups is 1. The zero-order valence-corrected chi connectivity index (χ0v) is 11.8. The summed E-state index contributed by atoms with van der Waals surface area (Å²) in [4.78, 5) is 10.6. The Kier molecular flexibility index (Phi) is 5.03. The smallest absolute Gasteiger partial charge is 0.404 e. The van der Waals surface area contributed by atoms with Gasteiger partial charge in [0, 0.05) is 12.5 Å². The van der Waals surface area contributed by atoms with Crippen LogP contribution in [0.5, 0.6) is 0 Å². The SMILES string of the molecule is CC(C)(C)C(CCOC(N)=O)Nc1ccccc1N. The molecule has 0 aliphatic heterocycles. The Bertz CT molecular complexity index is 427. The molecule has 1 unspecified atom stereocenters. The number of hydrogen-bond donors (Lipinski definition) is 3. The number of carbonyl (C=O) groups excluding carboxylic acids is 1. The molecular weight excluding hydrogens is 242 g/mol. The Morgan fingerprint density at radius 3 is 2.53 bits per heavy atom. The molecule has 1 aromatic rings. The van der Waals surface area contributed by atoms with Crippen molar-refractivity contribution in [1.82, 2.24) is 0 Å². The van der Waals surface area contributed by atoms with E-state index >= 15 is 0 Å². The molecule has 1 amide bonds. The molecular formula is C14H23N3O2. The van der Waals surface area contributed by atoms with Crippen LogP contribution in [0.1, 0.15) is 27.2 Å². The number of amides is 1. The first-order valence-corrected chi connectivity index (χ1v) is 6.34. The zero-order chi connectivity index (χ0) is 14.5. The lowest BCUT2D eigenvalue weighted by Crippen LogP contribution is -2.35. The van der Waals surface area contributed by atoms with Crippen molar-refractivity contribution in [3.05, 3.63) is 24.3 Å². The van der Waals surface area contributed by atoms with Gasteiger partial charge in [0.05, 0.1) is 18.0 Å². The van der Waals surface area contributed by atoms with Gasteiger partial charge in [0.1, 0.15) is 0 Å². The Balaban J connectivity index is 2.70. The third kappa shape index (κ3) is 5.07. The summed E-state index contributed by atoms with van der Waals surface area (Å²) in [6.45, 7) is 6.65. The van der Waals surface area contributed by atoms with E-state index in [4.69, 9.17) is 16.2 Å². The molecule has 106 valence electrons. The van der Waals surface area contributed by atoms with Gasteiger partial charge < -0.3 is 21.5 Å². The highest BCUT2D eigenvalue weighted by Crippen LogP contribution is 2.28. The number of benzene rings is 1. The van der Waals surface area contributed by atoms with Crippen LogP contribution >= 0.6 is 0 Å². The van der Waals surface area contributed by atoms with Gasteiger partial charge in [-0.3, -0.25) is 0 Å². The van der Waals surface area contributed by atoms with Gasteiger partial charge in [-0.1, -0.05) is 32.9 Å². The first-order valence-electron chi connectivity index (χ1n) is 6.34. The minimum atomic E-state index is -0.744. The molecule has 1 aromatic carbocycles. The predicted octanol–water partition coefficient (Wildman–Crippen LogP) is 2.58. The minimum Gasteiger partial charge on any atom is -0.450 e. The van der Waals surface area contributed by atoms with Gasteiger partial charge >= 0.3 is 6.09 Å². The summed E-state index contributed by atoms with van der Waals surface area (Å²) >= 11 is 0. The standard InChI is InChI=1S/C14H23N3O2/c1-14(2,3)12(8-9-19-13(16)18)17-11-7-5-4-6-10(11)15/h4-7,12,17H,8-9,15H2,1-3H3,(H2,16,18). The van der Waals surface area contributed by atoms with Crippen molar-refractivity contribution >= 4 is 17.5 Å². The summed E-state index contributed by atoms with van der Waals surface area (Å²) in [5.74, 6) is 0. The molecule has 0 heterocycles. The highest BCUT2D eigenvalue weighted by atomic mass is 16.5.